The number of nitrogens with zero attached hydrogens (tertiary/aromatic N) is 1. The molecule has 0 N–H and O–H groups in total. The number of imide groups is 1. The summed E-state index contributed by atoms with van der Waals surface area (Å²) in [5.74, 6) is 0.0828. The third kappa shape index (κ3) is 3.54. The average Bonchev–Trinajstić information content (AvgIpc) is 2.64. The zero-order valence-electron chi connectivity index (χ0n) is 13.6. The van der Waals surface area contributed by atoms with Crippen LogP contribution in [0.1, 0.15) is 56.4 Å². The summed E-state index contributed by atoms with van der Waals surface area (Å²) < 4.78 is 0. The minimum atomic E-state index is -0.116. The molecule has 0 aliphatic heterocycles. The van der Waals surface area contributed by atoms with E-state index < -0.39 is 0 Å². The smallest absolute Gasteiger partial charge is 0.233 e. The first-order valence-corrected chi connectivity index (χ1v) is 8.78. The van der Waals surface area contributed by atoms with Crippen molar-refractivity contribution in [3.63, 3.8) is 0 Å². The average molecular weight is 311 g/mol. The van der Waals surface area contributed by atoms with Crippen molar-refractivity contribution in [2.24, 2.45) is 5.92 Å². The van der Waals surface area contributed by atoms with Gasteiger partial charge in [0.2, 0.25) is 12.3 Å². The van der Waals surface area contributed by atoms with Crippen LogP contribution in [0.2, 0.25) is 0 Å². The molecule has 0 radical (unpaired) electrons. The number of benzene rings is 1. The number of hydrogen-bond donors (Lipinski definition) is 0. The van der Waals surface area contributed by atoms with Crippen molar-refractivity contribution in [3.8, 4) is 0 Å². The summed E-state index contributed by atoms with van der Waals surface area (Å²) in [6.07, 6.45) is 12.0. The topological polar surface area (TPSA) is 37.4 Å². The highest BCUT2D eigenvalue weighted by molar-refractivity contribution is 5.89. The van der Waals surface area contributed by atoms with E-state index in [1.165, 1.54) is 16.9 Å². The molecular formula is C20H25NO2. The maximum absolute atomic E-state index is 13.1. The van der Waals surface area contributed by atoms with Crippen LogP contribution < -0.4 is 0 Å². The van der Waals surface area contributed by atoms with E-state index in [4.69, 9.17) is 0 Å². The van der Waals surface area contributed by atoms with E-state index in [9.17, 15) is 9.59 Å². The largest absolute Gasteiger partial charge is 0.282 e. The van der Waals surface area contributed by atoms with Crippen molar-refractivity contribution >= 4 is 12.3 Å². The van der Waals surface area contributed by atoms with Crippen LogP contribution in [0.3, 0.4) is 0 Å². The Hall–Kier alpha value is -1.90. The summed E-state index contributed by atoms with van der Waals surface area (Å²) in [6.45, 7) is 0. The van der Waals surface area contributed by atoms with E-state index in [-0.39, 0.29) is 23.8 Å². The van der Waals surface area contributed by atoms with Crippen LogP contribution in [0.5, 0.6) is 0 Å². The fourth-order valence-corrected chi connectivity index (χ4v) is 4.02. The molecule has 122 valence electrons. The Morgan fingerprint density at radius 2 is 1.70 bits per heavy atom. The maximum atomic E-state index is 13.1. The molecule has 0 saturated heterocycles. The highest BCUT2D eigenvalue weighted by Gasteiger charge is 2.35. The molecule has 2 aliphatic rings. The third-order valence-corrected chi connectivity index (χ3v) is 5.31. The Bertz CT molecular complexity index is 560. The predicted octanol–water partition coefficient (Wildman–Crippen LogP) is 4.05. The Morgan fingerprint density at radius 3 is 2.39 bits per heavy atom. The normalized spacial score (nSPS) is 25.0. The zero-order chi connectivity index (χ0) is 16.1. The van der Waals surface area contributed by atoms with Gasteiger partial charge >= 0.3 is 0 Å². The standard InChI is InChI=1S/C20H25NO2/c22-15-21(17-11-5-2-6-12-17)20(23)19-14-8-7-13-18(19)16-9-3-1-4-10-16/h1,3-4,7-10,15,17-19H,2,5-6,11-14H2/t18-,19+/m1/s1. The van der Waals surface area contributed by atoms with Crippen LogP contribution in [0.25, 0.3) is 0 Å². The molecule has 2 amide bonds. The molecule has 1 aromatic rings. The van der Waals surface area contributed by atoms with Crippen molar-refractivity contribution in [2.75, 3.05) is 0 Å². The molecule has 0 heterocycles. The molecule has 0 bridgehead atoms. The van der Waals surface area contributed by atoms with Crippen LogP contribution in [0.15, 0.2) is 42.5 Å². The molecule has 0 aromatic heterocycles. The van der Waals surface area contributed by atoms with Crippen LogP contribution in [0.4, 0.5) is 0 Å². The molecule has 23 heavy (non-hydrogen) atoms. The summed E-state index contributed by atoms with van der Waals surface area (Å²) in [6, 6.07) is 10.3. The molecule has 1 aromatic carbocycles. The minimum Gasteiger partial charge on any atom is -0.282 e. The molecule has 3 nitrogen and oxygen atoms in total. The minimum absolute atomic E-state index is 0.0186. The number of carbonyl (C=O) groups is 2. The summed E-state index contributed by atoms with van der Waals surface area (Å²) >= 11 is 0. The Balaban J connectivity index is 1.80. The molecule has 0 unspecified atom stereocenters. The van der Waals surface area contributed by atoms with Gasteiger partial charge in [-0.25, -0.2) is 0 Å². The molecular weight excluding hydrogens is 286 g/mol. The van der Waals surface area contributed by atoms with Crippen LogP contribution in [0, 0.1) is 5.92 Å². The van der Waals surface area contributed by atoms with E-state index in [2.05, 4.69) is 24.3 Å². The SMILES string of the molecule is O=CN(C(=O)[C@H]1CC=CC[C@@H]1c1ccccc1)C1CCCCC1. The van der Waals surface area contributed by atoms with Crippen molar-refractivity contribution in [3.05, 3.63) is 48.0 Å². The van der Waals surface area contributed by atoms with Crippen molar-refractivity contribution in [1.82, 2.24) is 4.90 Å². The molecule has 1 fully saturated rings. The second-order valence-corrected chi connectivity index (χ2v) is 6.71. The second-order valence-electron chi connectivity index (χ2n) is 6.71. The highest BCUT2D eigenvalue weighted by atomic mass is 16.2. The molecule has 2 atom stereocenters. The van der Waals surface area contributed by atoms with E-state index in [0.717, 1.165) is 44.9 Å². The maximum Gasteiger partial charge on any atom is 0.233 e. The Morgan fingerprint density at radius 1 is 1.00 bits per heavy atom. The van der Waals surface area contributed by atoms with Gasteiger partial charge in [-0.1, -0.05) is 61.7 Å². The molecule has 3 rings (SSSR count). The quantitative estimate of drug-likeness (QED) is 0.621. The first kappa shape index (κ1) is 16.0. The fourth-order valence-electron chi connectivity index (χ4n) is 4.02. The van der Waals surface area contributed by atoms with Gasteiger partial charge in [-0.05, 0) is 37.2 Å². The second kappa shape index (κ2) is 7.58. The van der Waals surface area contributed by atoms with Crippen LogP contribution in [-0.2, 0) is 9.59 Å². The summed E-state index contributed by atoms with van der Waals surface area (Å²) in [7, 11) is 0. The lowest BCUT2D eigenvalue weighted by atomic mass is 9.77. The lowest BCUT2D eigenvalue weighted by molar-refractivity contribution is -0.145. The van der Waals surface area contributed by atoms with Gasteiger partial charge in [0.25, 0.3) is 0 Å². The lowest BCUT2D eigenvalue weighted by Crippen LogP contribution is -2.45. The lowest BCUT2D eigenvalue weighted by Gasteiger charge is -2.35. The number of carbonyl (C=O) groups excluding carboxylic acids is 2. The van der Waals surface area contributed by atoms with E-state index in [0.29, 0.717) is 0 Å². The van der Waals surface area contributed by atoms with Crippen LogP contribution >= 0.6 is 0 Å². The molecule has 1 saturated carbocycles. The summed E-state index contributed by atoms with van der Waals surface area (Å²) in [5.41, 5.74) is 1.20. The first-order valence-electron chi connectivity index (χ1n) is 8.78. The van der Waals surface area contributed by atoms with Gasteiger partial charge in [-0.15, -0.1) is 0 Å². The monoisotopic (exact) mass is 311 g/mol. The van der Waals surface area contributed by atoms with Gasteiger partial charge in [0.1, 0.15) is 0 Å². The van der Waals surface area contributed by atoms with E-state index in [1.807, 2.05) is 18.2 Å². The number of allylic oxidation sites excluding steroid dienone is 2. The third-order valence-electron chi connectivity index (χ3n) is 5.31. The zero-order valence-corrected chi connectivity index (χ0v) is 13.6. The van der Waals surface area contributed by atoms with Crippen LogP contribution in [-0.4, -0.2) is 23.3 Å². The summed E-state index contributed by atoms with van der Waals surface area (Å²) in [4.78, 5) is 26.2. The van der Waals surface area contributed by atoms with Gasteiger partial charge in [-0.3, -0.25) is 14.5 Å². The van der Waals surface area contributed by atoms with Gasteiger partial charge < -0.3 is 0 Å². The van der Waals surface area contributed by atoms with Crippen molar-refractivity contribution in [2.45, 2.75) is 56.9 Å². The first-order chi connectivity index (χ1) is 11.3. The highest BCUT2D eigenvalue weighted by Crippen LogP contribution is 2.36. The number of rotatable bonds is 4. The predicted molar refractivity (Wildman–Crippen MR) is 90.8 cm³/mol. The van der Waals surface area contributed by atoms with E-state index >= 15 is 0 Å². The van der Waals surface area contributed by atoms with Gasteiger partial charge in [-0.2, -0.15) is 0 Å². The Kier molecular flexibility index (Phi) is 5.27. The van der Waals surface area contributed by atoms with E-state index in [1.54, 1.807) is 0 Å². The van der Waals surface area contributed by atoms with Gasteiger partial charge in [0.15, 0.2) is 0 Å². The van der Waals surface area contributed by atoms with Gasteiger partial charge in [0, 0.05) is 12.0 Å². The fraction of sp³-hybridized carbons (Fsp3) is 0.500. The molecule has 2 aliphatic carbocycles. The Labute approximate surface area is 138 Å². The molecule has 3 heteroatoms. The number of amides is 2. The van der Waals surface area contributed by atoms with Crippen molar-refractivity contribution < 1.29 is 9.59 Å². The van der Waals surface area contributed by atoms with Gasteiger partial charge in [0.05, 0.1) is 0 Å². The molecule has 0 spiro atoms. The summed E-state index contributed by atoms with van der Waals surface area (Å²) in [5, 5.41) is 0. The number of hydrogen-bond acceptors (Lipinski definition) is 2. The van der Waals surface area contributed by atoms with Crippen molar-refractivity contribution in [1.29, 1.82) is 0 Å².